The van der Waals surface area contributed by atoms with Crippen LogP contribution in [0, 0.1) is 0 Å². The highest BCUT2D eigenvalue weighted by molar-refractivity contribution is 6.30. The van der Waals surface area contributed by atoms with Crippen molar-refractivity contribution in [2.75, 3.05) is 24.5 Å². The third-order valence-electron chi connectivity index (χ3n) is 6.84. The van der Waals surface area contributed by atoms with Crippen LogP contribution in [0.3, 0.4) is 0 Å². The van der Waals surface area contributed by atoms with Gasteiger partial charge in [0.2, 0.25) is 0 Å². The molecule has 1 aliphatic heterocycles. The summed E-state index contributed by atoms with van der Waals surface area (Å²) in [5.41, 5.74) is 8.13. The largest absolute Gasteiger partial charge is 0.478 e. The molecule has 2 aliphatic rings. The number of carboxylic acids is 1. The molecule has 3 N–H and O–H groups in total. The first-order valence-electron chi connectivity index (χ1n) is 10.8. The minimum atomic E-state index is -0.991. The van der Waals surface area contributed by atoms with Gasteiger partial charge in [-0.05, 0) is 68.0 Å². The molecule has 0 unspecified atom stereocenters. The average molecular weight is 442 g/mol. The maximum atomic E-state index is 13.3. The molecule has 2 aromatic carbocycles. The standard InChI is InChI=1S/C24H28ClN3O3/c25-19-6-2-5-18(15-19)24(16-26)10-8-20(9-11-24)27-12-3-13-28(23(27)31)21-7-1-4-17(14-21)22(29)30/h1-2,4-7,14-15,20H,3,8-13,16,26H2,(H,29,30)/t20-,24-. The molecule has 0 radical (unpaired) electrons. The van der Waals surface area contributed by atoms with Crippen molar-refractivity contribution in [3.05, 3.63) is 64.7 Å². The molecule has 4 rings (SSSR count). The minimum Gasteiger partial charge on any atom is -0.478 e. The smallest absolute Gasteiger partial charge is 0.335 e. The van der Waals surface area contributed by atoms with E-state index in [1.165, 1.54) is 5.56 Å². The number of anilines is 1. The number of carbonyl (C=O) groups excluding carboxylic acids is 1. The highest BCUT2D eigenvalue weighted by Gasteiger charge is 2.40. The number of carboxylic acid groups (broad SMARTS) is 1. The van der Waals surface area contributed by atoms with Crippen LogP contribution in [0.5, 0.6) is 0 Å². The molecule has 1 heterocycles. The van der Waals surface area contributed by atoms with Crippen LogP contribution in [0.25, 0.3) is 0 Å². The topological polar surface area (TPSA) is 86.9 Å². The molecular weight excluding hydrogens is 414 g/mol. The molecule has 1 aliphatic carbocycles. The van der Waals surface area contributed by atoms with Gasteiger partial charge >= 0.3 is 12.0 Å². The normalized spacial score (nSPS) is 24.3. The van der Waals surface area contributed by atoms with Gasteiger partial charge in [0, 0.05) is 41.8 Å². The van der Waals surface area contributed by atoms with Crippen LogP contribution in [0.1, 0.15) is 48.0 Å². The Hall–Kier alpha value is -2.57. The highest BCUT2D eigenvalue weighted by Crippen LogP contribution is 2.41. The van der Waals surface area contributed by atoms with Gasteiger partial charge in [-0.25, -0.2) is 9.59 Å². The quantitative estimate of drug-likeness (QED) is 0.714. The van der Waals surface area contributed by atoms with E-state index in [9.17, 15) is 14.7 Å². The van der Waals surface area contributed by atoms with Gasteiger partial charge in [0.05, 0.1) is 5.56 Å². The van der Waals surface area contributed by atoms with Crippen molar-refractivity contribution in [1.29, 1.82) is 0 Å². The van der Waals surface area contributed by atoms with Crippen LogP contribution in [-0.4, -0.2) is 47.7 Å². The lowest BCUT2D eigenvalue weighted by molar-refractivity contribution is 0.0696. The summed E-state index contributed by atoms with van der Waals surface area (Å²) in [7, 11) is 0. The lowest BCUT2D eigenvalue weighted by Crippen LogP contribution is -2.55. The number of nitrogens with zero attached hydrogens (tertiary/aromatic N) is 2. The molecular formula is C24H28ClN3O3. The number of nitrogens with two attached hydrogens (primary N) is 1. The second-order valence-corrected chi connectivity index (χ2v) is 9.00. The molecule has 0 atom stereocenters. The number of carbonyl (C=O) groups is 2. The van der Waals surface area contributed by atoms with Crippen molar-refractivity contribution >= 4 is 29.3 Å². The van der Waals surface area contributed by atoms with Crippen molar-refractivity contribution in [3.63, 3.8) is 0 Å². The summed E-state index contributed by atoms with van der Waals surface area (Å²) in [6, 6.07) is 14.7. The average Bonchev–Trinajstić information content (AvgIpc) is 2.79. The van der Waals surface area contributed by atoms with Crippen LogP contribution >= 0.6 is 11.6 Å². The van der Waals surface area contributed by atoms with E-state index in [0.29, 0.717) is 18.8 Å². The van der Waals surface area contributed by atoms with E-state index < -0.39 is 5.97 Å². The highest BCUT2D eigenvalue weighted by atomic mass is 35.5. The molecule has 1 saturated carbocycles. The Balaban J connectivity index is 1.49. The third kappa shape index (κ3) is 4.27. The van der Waals surface area contributed by atoms with E-state index >= 15 is 0 Å². The van der Waals surface area contributed by atoms with Crippen LogP contribution in [-0.2, 0) is 5.41 Å². The molecule has 1 saturated heterocycles. The first-order chi connectivity index (χ1) is 14.9. The zero-order chi connectivity index (χ0) is 22.0. The molecule has 31 heavy (non-hydrogen) atoms. The summed E-state index contributed by atoms with van der Waals surface area (Å²) in [4.78, 5) is 28.3. The lowest BCUT2D eigenvalue weighted by atomic mass is 9.68. The predicted molar refractivity (Wildman–Crippen MR) is 122 cm³/mol. The van der Waals surface area contributed by atoms with Gasteiger partial charge in [0.25, 0.3) is 0 Å². The minimum absolute atomic E-state index is 0.0400. The van der Waals surface area contributed by atoms with Crippen LogP contribution in [0.4, 0.5) is 10.5 Å². The summed E-state index contributed by atoms with van der Waals surface area (Å²) >= 11 is 6.22. The summed E-state index contributed by atoms with van der Waals surface area (Å²) in [5, 5.41) is 10.0. The van der Waals surface area contributed by atoms with Crippen molar-refractivity contribution in [2.24, 2.45) is 5.73 Å². The monoisotopic (exact) mass is 441 g/mol. The first kappa shape index (κ1) is 21.7. The predicted octanol–water partition coefficient (Wildman–Crippen LogP) is 4.51. The Morgan fingerprint density at radius 2 is 1.87 bits per heavy atom. The zero-order valence-corrected chi connectivity index (χ0v) is 18.2. The van der Waals surface area contributed by atoms with Gasteiger partial charge in [-0.3, -0.25) is 4.90 Å². The SMILES string of the molecule is NC[C@]1(c2cccc(Cl)c2)CC[C@H](N2CCCN(c3cccc(C(=O)O)c3)C2=O)CC1. The van der Waals surface area contributed by atoms with Gasteiger partial charge in [-0.15, -0.1) is 0 Å². The van der Waals surface area contributed by atoms with Gasteiger partial charge in [0.15, 0.2) is 0 Å². The van der Waals surface area contributed by atoms with Gasteiger partial charge in [-0.1, -0.05) is 29.8 Å². The number of aromatic carboxylic acids is 1. The Morgan fingerprint density at radius 3 is 2.55 bits per heavy atom. The molecule has 7 heteroatoms. The number of urea groups is 1. The van der Waals surface area contributed by atoms with E-state index in [1.54, 1.807) is 29.2 Å². The Labute approximate surface area is 187 Å². The Morgan fingerprint density at radius 1 is 1.13 bits per heavy atom. The third-order valence-corrected chi connectivity index (χ3v) is 7.08. The number of hydrogen-bond donors (Lipinski definition) is 2. The number of hydrogen-bond acceptors (Lipinski definition) is 3. The maximum Gasteiger partial charge on any atom is 0.335 e. The number of benzene rings is 2. The Kier molecular flexibility index (Phi) is 6.21. The van der Waals surface area contributed by atoms with E-state index in [2.05, 4.69) is 6.07 Å². The maximum absolute atomic E-state index is 13.3. The molecule has 0 spiro atoms. The fourth-order valence-corrected chi connectivity index (χ4v) is 5.22. The van der Waals surface area contributed by atoms with Crippen LogP contribution < -0.4 is 10.6 Å². The molecule has 2 aromatic rings. The van der Waals surface area contributed by atoms with Crippen molar-refractivity contribution in [3.8, 4) is 0 Å². The van der Waals surface area contributed by atoms with E-state index in [1.807, 2.05) is 23.1 Å². The van der Waals surface area contributed by atoms with Gasteiger partial charge in [-0.2, -0.15) is 0 Å². The summed E-state index contributed by atoms with van der Waals surface area (Å²) in [6.07, 6.45) is 4.45. The van der Waals surface area contributed by atoms with E-state index in [0.717, 1.165) is 43.7 Å². The summed E-state index contributed by atoms with van der Waals surface area (Å²) in [6.45, 7) is 1.88. The fourth-order valence-electron chi connectivity index (χ4n) is 5.03. The molecule has 0 aromatic heterocycles. The molecule has 2 amide bonds. The van der Waals surface area contributed by atoms with Gasteiger partial charge < -0.3 is 15.7 Å². The second kappa shape index (κ2) is 8.89. The molecule has 164 valence electrons. The van der Waals surface area contributed by atoms with Crippen LogP contribution in [0.2, 0.25) is 5.02 Å². The first-order valence-corrected chi connectivity index (χ1v) is 11.2. The van der Waals surface area contributed by atoms with Crippen molar-refractivity contribution < 1.29 is 14.7 Å². The van der Waals surface area contributed by atoms with Crippen LogP contribution in [0.15, 0.2) is 48.5 Å². The van der Waals surface area contributed by atoms with E-state index in [-0.39, 0.29) is 23.1 Å². The zero-order valence-electron chi connectivity index (χ0n) is 17.5. The van der Waals surface area contributed by atoms with Crippen molar-refractivity contribution in [2.45, 2.75) is 43.6 Å². The molecule has 2 fully saturated rings. The number of rotatable bonds is 5. The lowest BCUT2D eigenvalue weighted by Gasteiger charge is -2.46. The second-order valence-electron chi connectivity index (χ2n) is 8.56. The van der Waals surface area contributed by atoms with Gasteiger partial charge in [0.1, 0.15) is 0 Å². The number of amides is 2. The Bertz CT molecular complexity index is 972. The number of halogens is 1. The van der Waals surface area contributed by atoms with Crippen molar-refractivity contribution in [1.82, 2.24) is 4.90 Å². The fraction of sp³-hybridized carbons (Fsp3) is 0.417. The summed E-state index contributed by atoms with van der Waals surface area (Å²) < 4.78 is 0. The summed E-state index contributed by atoms with van der Waals surface area (Å²) in [5.74, 6) is -0.991. The molecule has 6 nitrogen and oxygen atoms in total. The molecule has 0 bridgehead atoms. The van der Waals surface area contributed by atoms with E-state index in [4.69, 9.17) is 17.3 Å².